The molecular weight excluding hydrogens is 479 g/mol. The minimum Gasteiger partial charge on any atom is -0.497 e. The third-order valence-electron chi connectivity index (χ3n) is 4.35. The molecule has 0 fully saturated rings. The molecule has 8 nitrogen and oxygen atoms in total. The molecule has 0 aliphatic heterocycles. The van der Waals surface area contributed by atoms with Crippen molar-refractivity contribution in [3.8, 4) is 11.4 Å². The summed E-state index contributed by atoms with van der Waals surface area (Å²) in [6.07, 6.45) is 1.23. The van der Waals surface area contributed by atoms with Gasteiger partial charge in [-0.15, -0.1) is 11.3 Å². The number of thiophene rings is 1. The quantitative estimate of drug-likeness (QED) is 0.437. The fourth-order valence-corrected chi connectivity index (χ4v) is 4.99. The number of aromatic nitrogens is 2. The molecule has 0 spiro atoms. The van der Waals surface area contributed by atoms with E-state index in [4.69, 9.17) is 16.3 Å². The first-order valence-electron chi connectivity index (χ1n) is 8.96. The van der Waals surface area contributed by atoms with Crippen LogP contribution in [0.3, 0.4) is 0 Å². The summed E-state index contributed by atoms with van der Waals surface area (Å²) in [7, 11) is -0.336. The maximum atomic E-state index is 14.8. The van der Waals surface area contributed by atoms with Crippen LogP contribution in [-0.4, -0.2) is 26.9 Å². The molecule has 2 amide bonds. The number of fused-ring (bicyclic) bond motifs is 1. The summed E-state index contributed by atoms with van der Waals surface area (Å²) in [6.45, 7) is 0. The number of anilines is 1. The van der Waals surface area contributed by atoms with E-state index in [2.05, 4.69) is 15.0 Å². The molecular formula is C20H14ClFN4O4S2. The lowest BCUT2D eigenvalue weighted by atomic mass is 10.2. The van der Waals surface area contributed by atoms with Crippen molar-refractivity contribution < 1.29 is 18.1 Å². The second-order valence-corrected chi connectivity index (χ2v) is 9.51. The van der Waals surface area contributed by atoms with E-state index in [1.807, 2.05) is 0 Å². The molecule has 32 heavy (non-hydrogen) atoms. The molecule has 0 aliphatic rings. The number of carbonyl (C=O) groups excluding carboxylic acids is 1. The van der Waals surface area contributed by atoms with Crippen LogP contribution < -0.4 is 20.3 Å². The lowest BCUT2D eigenvalue weighted by Gasteiger charge is -2.11. The first kappa shape index (κ1) is 21.9. The van der Waals surface area contributed by atoms with Gasteiger partial charge >= 0.3 is 6.03 Å². The fourth-order valence-electron chi connectivity index (χ4n) is 2.87. The molecule has 0 saturated heterocycles. The van der Waals surface area contributed by atoms with E-state index in [0.29, 0.717) is 19.8 Å². The maximum Gasteiger partial charge on any atom is 0.331 e. The molecule has 0 radical (unpaired) electrons. The molecule has 12 heteroatoms. The topological polar surface area (TPSA) is 102 Å². The van der Waals surface area contributed by atoms with Gasteiger partial charge in [0.2, 0.25) is 0 Å². The second-order valence-electron chi connectivity index (χ2n) is 6.35. The molecule has 164 valence electrons. The van der Waals surface area contributed by atoms with Gasteiger partial charge in [-0.2, -0.15) is 0 Å². The van der Waals surface area contributed by atoms with Crippen molar-refractivity contribution in [1.29, 1.82) is 0 Å². The number of urea groups is 1. The first-order chi connectivity index (χ1) is 15.4. The number of nitrogens with zero attached hydrogens (tertiary/aromatic N) is 2. The smallest absolute Gasteiger partial charge is 0.331 e. The molecule has 4 rings (SSSR count). The van der Waals surface area contributed by atoms with E-state index in [-0.39, 0.29) is 16.8 Å². The third-order valence-corrected chi connectivity index (χ3v) is 6.95. The van der Waals surface area contributed by atoms with Gasteiger partial charge in [-0.05, 0) is 48.5 Å². The van der Waals surface area contributed by atoms with Crippen LogP contribution in [-0.2, 0) is 11.0 Å². The van der Waals surface area contributed by atoms with Crippen molar-refractivity contribution in [2.24, 2.45) is 0 Å². The summed E-state index contributed by atoms with van der Waals surface area (Å²) in [5.41, 5.74) is 0.0297. The Balaban J connectivity index is 1.56. The zero-order chi connectivity index (χ0) is 22.8. The van der Waals surface area contributed by atoms with E-state index in [9.17, 15) is 18.2 Å². The Morgan fingerprint density at radius 1 is 1.22 bits per heavy atom. The number of nitrogens with one attached hydrogen (secondary N) is 2. The number of hydrogen-bond acceptors (Lipinski definition) is 6. The van der Waals surface area contributed by atoms with Crippen molar-refractivity contribution >= 4 is 56.5 Å². The Morgan fingerprint density at radius 2 is 2.03 bits per heavy atom. The molecule has 2 aromatic carbocycles. The summed E-state index contributed by atoms with van der Waals surface area (Å²) in [5, 5.41) is 2.66. The summed E-state index contributed by atoms with van der Waals surface area (Å²) in [6, 6.07) is 10.9. The molecule has 1 atom stereocenters. The minimum atomic E-state index is -1.81. The molecule has 0 saturated carbocycles. The number of hydrogen-bond donors (Lipinski definition) is 2. The number of carbonyl (C=O) groups is 1. The monoisotopic (exact) mass is 492 g/mol. The number of halogens is 2. The first-order valence-corrected chi connectivity index (χ1v) is 11.3. The predicted octanol–water partition coefficient (Wildman–Crippen LogP) is 4.09. The average molecular weight is 493 g/mol. The van der Waals surface area contributed by atoms with Crippen LogP contribution in [0.15, 0.2) is 63.9 Å². The Kier molecular flexibility index (Phi) is 6.21. The van der Waals surface area contributed by atoms with Crippen LogP contribution in [0, 0.1) is 5.82 Å². The fraction of sp³-hybridized carbons (Fsp3) is 0.0500. The number of amides is 2. The van der Waals surface area contributed by atoms with E-state index < -0.39 is 28.4 Å². The van der Waals surface area contributed by atoms with E-state index in [0.717, 1.165) is 22.0 Å². The van der Waals surface area contributed by atoms with Crippen LogP contribution in [0.25, 0.3) is 16.6 Å². The molecule has 0 bridgehead atoms. The van der Waals surface area contributed by atoms with Crippen LogP contribution in [0.5, 0.6) is 5.75 Å². The molecule has 2 heterocycles. The lowest BCUT2D eigenvalue weighted by molar-refractivity contribution is 0.257. The molecule has 2 aromatic heterocycles. The van der Waals surface area contributed by atoms with E-state index in [1.165, 1.54) is 37.7 Å². The van der Waals surface area contributed by atoms with Crippen molar-refractivity contribution in [1.82, 2.24) is 14.3 Å². The van der Waals surface area contributed by atoms with Gasteiger partial charge in [0.1, 0.15) is 22.1 Å². The Labute approximate surface area is 192 Å². The van der Waals surface area contributed by atoms with Gasteiger partial charge in [0.25, 0.3) is 5.56 Å². The molecule has 4 aromatic rings. The van der Waals surface area contributed by atoms with Gasteiger partial charge in [-0.3, -0.25) is 14.1 Å². The molecule has 2 N–H and O–H groups in total. The van der Waals surface area contributed by atoms with E-state index >= 15 is 0 Å². The Morgan fingerprint density at radius 3 is 2.72 bits per heavy atom. The highest BCUT2D eigenvalue weighted by Crippen LogP contribution is 2.24. The van der Waals surface area contributed by atoms with Gasteiger partial charge in [-0.25, -0.2) is 18.4 Å². The predicted molar refractivity (Wildman–Crippen MR) is 122 cm³/mol. The lowest BCUT2D eigenvalue weighted by Crippen LogP contribution is -2.30. The van der Waals surface area contributed by atoms with E-state index in [1.54, 1.807) is 18.2 Å². The normalized spacial score (nSPS) is 11.8. The average Bonchev–Trinajstić information content (AvgIpc) is 3.21. The van der Waals surface area contributed by atoms with Gasteiger partial charge in [-0.1, -0.05) is 11.6 Å². The Bertz CT molecular complexity index is 1420. The van der Waals surface area contributed by atoms with Crippen LogP contribution in [0.2, 0.25) is 4.34 Å². The van der Waals surface area contributed by atoms with Crippen molar-refractivity contribution in [2.75, 3.05) is 12.4 Å². The summed E-state index contributed by atoms with van der Waals surface area (Å²) >= 11 is 6.86. The van der Waals surface area contributed by atoms with Crippen molar-refractivity contribution in [3.05, 3.63) is 75.4 Å². The second kappa shape index (κ2) is 9.07. The Hall–Kier alpha value is -3.28. The maximum absolute atomic E-state index is 14.8. The number of ether oxygens (including phenoxy) is 1. The molecule has 1 unspecified atom stereocenters. The SMILES string of the molecule is COc1ccc2ncn(-c3ccc(NC(=O)NS(=O)c4ccc(Cl)s4)cc3F)c(=O)c2c1. The van der Waals surface area contributed by atoms with Crippen LogP contribution in [0.1, 0.15) is 0 Å². The third kappa shape index (κ3) is 4.49. The summed E-state index contributed by atoms with van der Waals surface area (Å²) < 4.78 is 36.1. The highest BCUT2D eigenvalue weighted by molar-refractivity contribution is 7.86. The van der Waals surface area contributed by atoms with Gasteiger partial charge in [0.15, 0.2) is 11.0 Å². The van der Waals surface area contributed by atoms with Crippen LogP contribution >= 0.6 is 22.9 Å². The van der Waals surface area contributed by atoms with Gasteiger partial charge < -0.3 is 10.1 Å². The number of benzene rings is 2. The zero-order valence-electron chi connectivity index (χ0n) is 16.3. The largest absolute Gasteiger partial charge is 0.497 e. The van der Waals surface area contributed by atoms with Crippen molar-refractivity contribution in [3.63, 3.8) is 0 Å². The number of rotatable bonds is 5. The minimum absolute atomic E-state index is 0.0463. The molecule has 0 aliphatic carbocycles. The summed E-state index contributed by atoms with van der Waals surface area (Å²) in [4.78, 5) is 29.1. The van der Waals surface area contributed by atoms with Gasteiger partial charge in [0, 0.05) is 5.69 Å². The highest BCUT2D eigenvalue weighted by atomic mass is 35.5. The zero-order valence-corrected chi connectivity index (χ0v) is 18.7. The van der Waals surface area contributed by atoms with Crippen LogP contribution in [0.4, 0.5) is 14.9 Å². The van der Waals surface area contributed by atoms with Crippen molar-refractivity contribution in [2.45, 2.75) is 4.21 Å². The standard InChI is InChI=1S/C20H14ClFN4O4S2/c1-30-12-3-4-15-13(9-12)19(27)26(10-23-15)16-5-2-11(8-14(16)22)24-20(28)25-32(29)18-7-6-17(21)31-18/h2-10H,1H3,(H2,24,25,28). The highest BCUT2D eigenvalue weighted by Gasteiger charge is 2.14. The number of methoxy groups -OCH3 is 1. The van der Waals surface area contributed by atoms with Gasteiger partial charge in [0.05, 0.1) is 28.0 Å². The summed E-state index contributed by atoms with van der Waals surface area (Å²) in [5.74, 6) is -0.289.